The monoisotopic (exact) mass is 336 g/mol. The lowest BCUT2D eigenvalue weighted by Crippen LogP contribution is -2.22. The van der Waals surface area contributed by atoms with Gasteiger partial charge in [0.05, 0.1) is 5.69 Å². The summed E-state index contributed by atoms with van der Waals surface area (Å²) >= 11 is 3.23. The molecule has 1 aliphatic heterocycles. The van der Waals surface area contributed by atoms with Gasteiger partial charge in [0.1, 0.15) is 5.82 Å². The lowest BCUT2D eigenvalue weighted by atomic mass is 10.2. The van der Waals surface area contributed by atoms with Crippen molar-refractivity contribution in [2.24, 2.45) is 0 Å². The van der Waals surface area contributed by atoms with E-state index in [2.05, 4.69) is 21.2 Å². The first-order valence-electron chi connectivity index (χ1n) is 6.51. The summed E-state index contributed by atoms with van der Waals surface area (Å²) in [6.45, 7) is 2.55. The Kier molecular flexibility index (Phi) is 3.38. The number of halogens is 2. The van der Waals surface area contributed by atoms with E-state index in [4.69, 9.17) is 0 Å². The van der Waals surface area contributed by atoms with Crippen LogP contribution in [-0.4, -0.2) is 4.57 Å². The van der Waals surface area contributed by atoms with Gasteiger partial charge in [0.2, 0.25) is 0 Å². The second-order valence-corrected chi connectivity index (χ2v) is 5.90. The van der Waals surface area contributed by atoms with Crippen LogP contribution in [0.2, 0.25) is 0 Å². The van der Waals surface area contributed by atoms with Crippen LogP contribution in [0.1, 0.15) is 17.7 Å². The van der Waals surface area contributed by atoms with Crippen molar-refractivity contribution in [3.63, 3.8) is 0 Å². The van der Waals surface area contributed by atoms with E-state index in [1.807, 2.05) is 6.07 Å². The Morgan fingerprint density at radius 3 is 2.85 bits per heavy atom. The minimum atomic E-state index is -0.348. The van der Waals surface area contributed by atoms with E-state index < -0.39 is 0 Å². The number of pyridine rings is 1. The minimum absolute atomic E-state index is 0.0139. The van der Waals surface area contributed by atoms with Gasteiger partial charge in [-0.25, -0.2) is 4.39 Å². The summed E-state index contributed by atoms with van der Waals surface area (Å²) in [6.07, 6.45) is 1.89. The Labute approximate surface area is 124 Å². The number of hydrogen-bond acceptors (Lipinski definition) is 2. The quantitative estimate of drug-likeness (QED) is 0.906. The second kappa shape index (κ2) is 5.05. The highest BCUT2D eigenvalue weighted by Gasteiger charge is 2.16. The molecule has 0 saturated carbocycles. The van der Waals surface area contributed by atoms with Crippen molar-refractivity contribution in [3.05, 3.63) is 56.2 Å². The molecule has 0 unspecified atom stereocenters. The van der Waals surface area contributed by atoms with Crippen molar-refractivity contribution in [1.82, 2.24) is 4.57 Å². The number of aryl methyl sites for hydroxylation is 1. The van der Waals surface area contributed by atoms with Crippen LogP contribution in [0.5, 0.6) is 0 Å². The van der Waals surface area contributed by atoms with Crippen LogP contribution in [0, 0.1) is 12.7 Å². The predicted octanol–water partition coefficient (Wildman–Crippen LogP) is 3.75. The third kappa shape index (κ3) is 2.26. The highest BCUT2D eigenvalue weighted by molar-refractivity contribution is 9.10. The van der Waals surface area contributed by atoms with Crippen molar-refractivity contribution < 1.29 is 4.39 Å². The molecule has 0 amide bonds. The molecule has 0 radical (unpaired) electrons. The minimum Gasteiger partial charge on any atom is -0.353 e. The van der Waals surface area contributed by atoms with Crippen LogP contribution in [0.3, 0.4) is 0 Å². The maximum absolute atomic E-state index is 13.9. The molecule has 3 nitrogen and oxygen atoms in total. The molecule has 0 aliphatic carbocycles. The molecule has 0 fully saturated rings. The first-order chi connectivity index (χ1) is 9.56. The van der Waals surface area contributed by atoms with E-state index in [1.165, 1.54) is 6.07 Å². The number of nitrogens with one attached hydrogen (secondary N) is 1. The first kappa shape index (κ1) is 13.4. The van der Waals surface area contributed by atoms with Gasteiger partial charge in [0, 0.05) is 28.0 Å². The fraction of sp³-hybridized carbons (Fsp3) is 0.267. The van der Waals surface area contributed by atoms with Crippen LogP contribution in [0.15, 0.2) is 33.5 Å². The van der Waals surface area contributed by atoms with Crippen LogP contribution < -0.4 is 10.9 Å². The lowest BCUT2D eigenvalue weighted by Gasteiger charge is -2.13. The van der Waals surface area contributed by atoms with E-state index in [-0.39, 0.29) is 11.4 Å². The number of benzene rings is 1. The van der Waals surface area contributed by atoms with E-state index in [0.717, 1.165) is 25.1 Å². The van der Waals surface area contributed by atoms with Gasteiger partial charge in [-0.1, -0.05) is 15.9 Å². The predicted molar refractivity (Wildman–Crippen MR) is 81.1 cm³/mol. The summed E-state index contributed by atoms with van der Waals surface area (Å²) in [5.74, 6) is -0.348. The molecule has 2 heterocycles. The van der Waals surface area contributed by atoms with E-state index in [0.29, 0.717) is 21.4 Å². The van der Waals surface area contributed by atoms with Crippen LogP contribution in [0.25, 0.3) is 0 Å². The fourth-order valence-electron chi connectivity index (χ4n) is 2.54. The summed E-state index contributed by atoms with van der Waals surface area (Å²) in [5, 5.41) is 3.03. The van der Waals surface area contributed by atoms with E-state index in [1.54, 1.807) is 23.6 Å². The molecule has 104 valence electrons. The molecular formula is C15H14BrFN2O. The molecule has 0 bridgehead atoms. The zero-order chi connectivity index (χ0) is 14.3. The van der Waals surface area contributed by atoms with E-state index >= 15 is 0 Å². The van der Waals surface area contributed by atoms with Crippen LogP contribution in [0.4, 0.5) is 15.8 Å². The van der Waals surface area contributed by atoms with Crippen molar-refractivity contribution in [1.29, 1.82) is 0 Å². The molecule has 2 aromatic rings. The van der Waals surface area contributed by atoms with Gasteiger partial charge in [0.15, 0.2) is 0 Å². The van der Waals surface area contributed by atoms with Gasteiger partial charge in [-0.15, -0.1) is 0 Å². The highest BCUT2D eigenvalue weighted by atomic mass is 79.9. The van der Waals surface area contributed by atoms with Crippen LogP contribution >= 0.6 is 15.9 Å². The van der Waals surface area contributed by atoms with Gasteiger partial charge < -0.3 is 9.88 Å². The molecule has 1 N–H and O–H groups in total. The maximum Gasteiger partial charge on any atom is 0.255 e. The average molecular weight is 337 g/mol. The normalized spacial score (nSPS) is 13.3. The van der Waals surface area contributed by atoms with Crippen molar-refractivity contribution in [2.45, 2.75) is 26.3 Å². The Hall–Kier alpha value is -1.62. The second-order valence-electron chi connectivity index (χ2n) is 4.98. The molecular weight excluding hydrogens is 323 g/mol. The highest BCUT2D eigenvalue weighted by Crippen LogP contribution is 2.26. The molecule has 1 aromatic carbocycles. The summed E-state index contributed by atoms with van der Waals surface area (Å²) in [4.78, 5) is 12.2. The van der Waals surface area contributed by atoms with Gasteiger partial charge in [-0.05, 0) is 44.0 Å². The molecule has 20 heavy (non-hydrogen) atoms. The molecule has 3 rings (SSSR count). The Bertz CT molecular complexity index is 739. The van der Waals surface area contributed by atoms with Gasteiger partial charge in [-0.2, -0.15) is 0 Å². The topological polar surface area (TPSA) is 34.0 Å². The Morgan fingerprint density at radius 2 is 2.10 bits per heavy atom. The first-order valence-corrected chi connectivity index (χ1v) is 7.31. The molecule has 1 aromatic heterocycles. The summed E-state index contributed by atoms with van der Waals surface area (Å²) in [6, 6.07) is 6.77. The Morgan fingerprint density at radius 1 is 1.30 bits per heavy atom. The standard InChI is InChI=1S/C15H14BrFN2O/c1-9-14(8-11-3-2-6-19(11)15(9)20)18-13-5-4-10(16)7-12(13)17/h4-5,7-8,18H,2-3,6H2,1H3. The molecule has 0 spiro atoms. The maximum atomic E-state index is 13.9. The molecule has 0 atom stereocenters. The number of rotatable bonds is 2. The summed E-state index contributed by atoms with van der Waals surface area (Å²) < 4.78 is 16.4. The van der Waals surface area contributed by atoms with Crippen molar-refractivity contribution in [3.8, 4) is 0 Å². The smallest absolute Gasteiger partial charge is 0.255 e. The van der Waals surface area contributed by atoms with Crippen molar-refractivity contribution in [2.75, 3.05) is 5.32 Å². The number of anilines is 2. The molecule has 5 heteroatoms. The average Bonchev–Trinajstić information content (AvgIpc) is 2.87. The zero-order valence-corrected chi connectivity index (χ0v) is 12.6. The number of aromatic nitrogens is 1. The van der Waals surface area contributed by atoms with Gasteiger partial charge >= 0.3 is 0 Å². The summed E-state index contributed by atoms with van der Waals surface area (Å²) in [5.41, 5.74) is 2.71. The summed E-state index contributed by atoms with van der Waals surface area (Å²) in [7, 11) is 0. The van der Waals surface area contributed by atoms with Crippen LogP contribution in [-0.2, 0) is 13.0 Å². The molecule has 1 aliphatic rings. The molecule has 0 saturated heterocycles. The third-order valence-electron chi connectivity index (χ3n) is 3.64. The van der Waals surface area contributed by atoms with Crippen molar-refractivity contribution >= 4 is 27.3 Å². The number of nitrogens with zero attached hydrogens (tertiary/aromatic N) is 1. The van der Waals surface area contributed by atoms with E-state index in [9.17, 15) is 9.18 Å². The fourth-order valence-corrected chi connectivity index (χ4v) is 2.87. The lowest BCUT2D eigenvalue weighted by molar-refractivity contribution is 0.631. The SMILES string of the molecule is Cc1c(Nc2ccc(Br)cc2F)cc2n(c1=O)CCC2. The van der Waals surface area contributed by atoms with Gasteiger partial charge in [-0.3, -0.25) is 4.79 Å². The number of fused-ring (bicyclic) bond motifs is 1. The Balaban J connectivity index is 2.03. The third-order valence-corrected chi connectivity index (χ3v) is 4.14. The largest absolute Gasteiger partial charge is 0.353 e. The number of hydrogen-bond donors (Lipinski definition) is 1. The zero-order valence-electron chi connectivity index (χ0n) is 11.0. The van der Waals surface area contributed by atoms with Gasteiger partial charge in [0.25, 0.3) is 5.56 Å².